The number of hydrogen-bond acceptors (Lipinski definition) is 6. The Morgan fingerprint density at radius 2 is 1.59 bits per heavy atom. The number of hydrogen-bond donors (Lipinski definition) is 2. The molecule has 3 rings (SSSR count). The molecule has 0 saturated heterocycles. The van der Waals surface area contributed by atoms with E-state index in [1.807, 2.05) is 6.92 Å². The summed E-state index contributed by atoms with van der Waals surface area (Å²) in [6.07, 6.45) is 1.44. The summed E-state index contributed by atoms with van der Waals surface area (Å²) in [4.78, 5) is 40.2. The summed E-state index contributed by atoms with van der Waals surface area (Å²) in [7, 11) is 0. The zero-order chi connectivity index (χ0) is 22.9. The number of aromatic nitrogens is 1. The van der Waals surface area contributed by atoms with Gasteiger partial charge in [0, 0.05) is 23.1 Å². The second-order valence-electron chi connectivity index (χ2n) is 6.45. The summed E-state index contributed by atoms with van der Waals surface area (Å²) < 4.78 is 10.3. The quantitative estimate of drug-likeness (QED) is 0.391. The standard InChI is InChI=1S/C23H20ClN3O5/c1-2-31-18-11-9-17(10-12-18)27-22(29)15-5-7-16(8-6-15)26-20(28)14-32-23(30)19-4-3-13-25-21(19)24/h3-13H,2,14H2,1H3,(H,26,28)(H,27,29). The number of halogens is 1. The predicted octanol–water partition coefficient (Wildman–Crippen LogP) is 4.18. The summed E-state index contributed by atoms with van der Waals surface area (Å²) in [5, 5.41) is 5.37. The largest absolute Gasteiger partial charge is 0.494 e. The Morgan fingerprint density at radius 1 is 0.938 bits per heavy atom. The molecule has 0 unspecified atom stereocenters. The number of carbonyl (C=O) groups excluding carboxylic acids is 3. The second kappa shape index (κ2) is 10.9. The van der Waals surface area contributed by atoms with Crippen LogP contribution in [-0.4, -0.2) is 36.0 Å². The lowest BCUT2D eigenvalue weighted by Gasteiger charge is -2.09. The normalized spacial score (nSPS) is 10.2. The first-order chi connectivity index (χ1) is 15.5. The third-order valence-corrected chi connectivity index (χ3v) is 4.47. The molecule has 2 amide bonds. The van der Waals surface area contributed by atoms with Crippen molar-refractivity contribution in [2.24, 2.45) is 0 Å². The number of carbonyl (C=O) groups is 3. The molecule has 0 saturated carbocycles. The molecule has 2 N–H and O–H groups in total. The van der Waals surface area contributed by atoms with Gasteiger partial charge in [-0.3, -0.25) is 9.59 Å². The van der Waals surface area contributed by atoms with Gasteiger partial charge in [0.1, 0.15) is 10.9 Å². The van der Waals surface area contributed by atoms with Gasteiger partial charge in [-0.2, -0.15) is 0 Å². The Balaban J connectivity index is 1.50. The van der Waals surface area contributed by atoms with Crippen LogP contribution in [0.5, 0.6) is 5.75 Å². The molecular formula is C23H20ClN3O5. The Labute approximate surface area is 189 Å². The van der Waals surface area contributed by atoms with Crippen molar-refractivity contribution >= 4 is 40.8 Å². The lowest BCUT2D eigenvalue weighted by Crippen LogP contribution is -2.21. The Bertz CT molecular complexity index is 1100. The van der Waals surface area contributed by atoms with Crippen molar-refractivity contribution in [1.29, 1.82) is 0 Å². The lowest BCUT2D eigenvalue weighted by atomic mass is 10.2. The van der Waals surface area contributed by atoms with E-state index in [9.17, 15) is 14.4 Å². The molecule has 0 bridgehead atoms. The van der Waals surface area contributed by atoms with Gasteiger partial charge in [-0.25, -0.2) is 9.78 Å². The van der Waals surface area contributed by atoms with Crippen molar-refractivity contribution in [3.05, 3.63) is 83.1 Å². The molecule has 0 aliphatic carbocycles. The van der Waals surface area contributed by atoms with Crippen LogP contribution in [0.15, 0.2) is 66.9 Å². The third-order valence-electron chi connectivity index (χ3n) is 4.17. The van der Waals surface area contributed by atoms with Crippen molar-refractivity contribution in [1.82, 2.24) is 4.98 Å². The number of amides is 2. The van der Waals surface area contributed by atoms with E-state index in [4.69, 9.17) is 21.1 Å². The fraction of sp³-hybridized carbons (Fsp3) is 0.130. The first-order valence-corrected chi connectivity index (χ1v) is 10.1. The second-order valence-corrected chi connectivity index (χ2v) is 6.81. The van der Waals surface area contributed by atoms with Crippen LogP contribution in [0.25, 0.3) is 0 Å². The van der Waals surface area contributed by atoms with Crippen LogP contribution in [-0.2, 0) is 9.53 Å². The molecule has 9 heteroatoms. The minimum atomic E-state index is -0.750. The molecule has 0 fully saturated rings. The summed E-state index contributed by atoms with van der Waals surface area (Å²) in [6, 6.07) is 16.3. The van der Waals surface area contributed by atoms with Crippen molar-refractivity contribution in [3.8, 4) is 5.75 Å². The number of nitrogens with one attached hydrogen (secondary N) is 2. The average molecular weight is 454 g/mol. The fourth-order valence-corrected chi connectivity index (χ4v) is 2.85. The van der Waals surface area contributed by atoms with Crippen LogP contribution in [0.1, 0.15) is 27.6 Å². The number of pyridine rings is 1. The minimum absolute atomic E-state index is 0.00277. The fourth-order valence-electron chi connectivity index (χ4n) is 2.65. The Hall–Kier alpha value is -3.91. The van der Waals surface area contributed by atoms with Crippen LogP contribution >= 0.6 is 11.6 Å². The molecule has 0 atom stereocenters. The SMILES string of the molecule is CCOc1ccc(NC(=O)c2ccc(NC(=O)COC(=O)c3cccnc3Cl)cc2)cc1. The van der Waals surface area contributed by atoms with Gasteiger partial charge < -0.3 is 20.1 Å². The average Bonchev–Trinajstić information content (AvgIpc) is 2.80. The lowest BCUT2D eigenvalue weighted by molar-refractivity contribution is -0.119. The molecule has 0 aliphatic heterocycles. The number of ether oxygens (including phenoxy) is 2. The van der Waals surface area contributed by atoms with E-state index in [0.29, 0.717) is 23.5 Å². The highest BCUT2D eigenvalue weighted by molar-refractivity contribution is 6.32. The topological polar surface area (TPSA) is 107 Å². The van der Waals surface area contributed by atoms with Crippen LogP contribution in [0.2, 0.25) is 5.15 Å². The van der Waals surface area contributed by atoms with E-state index >= 15 is 0 Å². The maximum atomic E-state index is 12.4. The zero-order valence-electron chi connectivity index (χ0n) is 17.1. The molecule has 0 spiro atoms. The zero-order valence-corrected chi connectivity index (χ0v) is 17.9. The van der Waals surface area contributed by atoms with Gasteiger partial charge in [0.05, 0.1) is 12.2 Å². The number of benzene rings is 2. The van der Waals surface area contributed by atoms with Crippen molar-refractivity contribution in [2.75, 3.05) is 23.8 Å². The van der Waals surface area contributed by atoms with Crippen LogP contribution in [0.4, 0.5) is 11.4 Å². The van der Waals surface area contributed by atoms with Gasteiger partial charge in [-0.1, -0.05) is 11.6 Å². The van der Waals surface area contributed by atoms with E-state index in [1.165, 1.54) is 18.3 Å². The van der Waals surface area contributed by atoms with E-state index in [1.54, 1.807) is 48.5 Å². The van der Waals surface area contributed by atoms with Crippen molar-refractivity contribution in [2.45, 2.75) is 6.92 Å². The van der Waals surface area contributed by atoms with Gasteiger partial charge in [0.2, 0.25) is 0 Å². The third kappa shape index (κ3) is 6.29. The number of nitrogens with zero attached hydrogens (tertiary/aromatic N) is 1. The van der Waals surface area contributed by atoms with Gasteiger partial charge in [-0.15, -0.1) is 0 Å². The maximum absolute atomic E-state index is 12.4. The summed E-state index contributed by atoms with van der Waals surface area (Å²) in [6.45, 7) is 1.96. The molecular weight excluding hydrogens is 434 g/mol. The molecule has 0 radical (unpaired) electrons. The molecule has 164 valence electrons. The van der Waals surface area contributed by atoms with Gasteiger partial charge in [-0.05, 0) is 67.6 Å². The minimum Gasteiger partial charge on any atom is -0.494 e. The predicted molar refractivity (Wildman–Crippen MR) is 120 cm³/mol. The monoisotopic (exact) mass is 453 g/mol. The smallest absolute Gasteiger partial charge is 0.341 e. The van der Waals surface area contributed by atoms with Gasteiger partial charge in [0.15, 0.2) is 6.61 Å². The summed E-state index contributed by atoms with van der Waals surface area (Å²) >= 11 is 5.82. The number of esters is 1. The molecule has 3 aromatic rings. The highest BCUT2D eigenvalue weighted by Gasteiger charge is 2.14. The maximum Gasteiger partial charge on any atom is 0.341 e. The molecule has 2 aromatic carbocycles. The molecule has 8 nitrogen and oxygen atoms in total. The molecule has 0 aliphatic rings. The van der Waals surface area contributed by atoms with Crippen molar-refractivity contribution in [3.63, 3.8) is 0 Å². The first-order valence-electron chi connectivity index (χ1n) is 9.68. The van der Waals surface area contributed by atoms with Crippen LogP contribution in [0, 0.1) is 0 Å². The summed E-state index contributed by atoms with van der Waals surface area (Å²) in [5.41, 5.74) is 1.56. The Kier molecular flexibility index (Phi) is 7.77. The van der Waals surface area contributed by atoms with E-state index < -0.39 is 18.5 Å². The highest BCUT2D eigenvalue weighted by Crippen LogP contribution is 2.17. The van der Waals surface area contributed by atoms with Gasteiger partial charge >= 0.3 is 5.97 Å². The van der Waals surface area contributed by atoms with E-state index in [2.05, 4.69) is 15.6 Å². The van der Waals surface area contributed by atoms with E-state index in [-0.39, 0.29) is 16.6 Å². The Morgan fingerprint density at radius 3 is 2.25 bits per heavy atom. The molecule has 1 heterocycles. The van der Waals surface area contributed by atoms with Crippen molar-refractivity contribution < 1.29 is 23.9 Å². The number of rotatable bonds is 8. The van der Waals surface area contributed by atoms with Crippen LogP contribution < -0.4 is 15.4 Å². The first kappa shape index (κ1) is 22.8. The highest BCUT2D eigenvalue weighted by atomic mass is 35.5. The summed E-state index contributed by atoms with van der Waals surface area (Å²) in [5.74, 6) is -0.862. The van der Waals surface area contributed by atoms with Gasteiger partial charge in [0.25, 0.3) is 11.8 Å². The van der Waals surface area contributed by atoms with E-state index in [0.717, 1.165) is 5.75 Å². The molecule has 1 aromatic heterocycles. The number of anilines is 2. The molecule has 32 heavy (non-hydrogen) atoms. The van der Waals surface area contributed by atoms with Crippen LogP contribution in [0.3, 0.4) is 0 Å².